The lowest BCUT2D eigenvalue weighted by molar-refractivity contribution is -0.127. The smallest absolute Gasteiger partial charge is 0.246 e. The summed E-state index contributed by atoms with van der Waals surface area (Å²) in [5, 5.41) is 1.00. The molecule has 1 atom stereocenters. The topological polar surface area (TPSA) is 67.3 Å². The molecule has 0 saturated carbocycles. The molecular weight excluding hydrogens is 324 g/mol. The summed E-state index contributed by atoms with van der Waals surface area (Å²) in [4.78, 5) is 18.3. The molecule has 0 unspecified atom stereocenters. The second-order valence-corrected chi connectivity index (χ2v) is 8.01. The van der Waals surface area contributed by atoms with E-state index in [2.05, 4.69) is 4.98 Å². The van der Waals surface area contributed by atoms with Gasteiger partial charge in [-0.3, -0.25) is 9.78 Å². The van der Waals surface area contributed by atoms with E-state index < -0.39 is 9.84 Å². The van der Waals surface area contributed by atoms with Gasteiger partial charge in [0.2, 0.25) is 5.91 Å². The lowest BCUT2D eigenvalue weighted by Crippen LogP contribution is -2.41. The van der Waals surface area contributed by atoms with Gasteiger partial charge in [-0.2, -0.15) is 0 Å². The van der Waals surface area contributed by atoms with E-state index in [1.165, 1.54) is 12.3 Å². The summed E-state index contributed by atoms with van der Waals surface area (Å²) in [6.45, 7) is 4.04. The van der Waals surface area contributed by atoms with Crippen LogP contribution in [-0.4, -0.2) is 48.8 Å². The molecular formula is C18H22N2O3S. The van der Waals surface area contributed by atoms with Crippen LogP contribution in [0.5, 0.6) is 0 Å². The third-order valence-electron chi connectivity index (χ3n) is 3.77. The summed E-state index contributed by atoms with van der Waals surface area (Å²) >= 11 is 0. The quantitative estimate of drug-likeness (QED) is 0.754. The predicted molar refractivity (Wildman–Crippen MR) is 97.3 cm³/mol. The second kappa shape index (κ2) is 7.57. The maximum atomic E-state index is 12.4. The molecule has 0 aliphatic carbocycles. The maximum absolute atomic E-state index is 12.4. The van der Waals surface area contributed by atoms with Gasteiger partial charge in [-0.25, -0.2) is 8.42 Å². The minimum Gasteiger partial charge on any atom is -0.336 e. The summed E-state index contributed by atoms with van der Waals surface area (Å²) in [6.07, 6.45) is 6.10. The van der Waals surface area contributed by atoms with Gasteiger partial charge in [0.1, 0.15) is 9.84 Å². The van der Waals surface area contributed by atoms with Crippen molar-refractivity contribution in [2.45, 2.75) is 19.9 Å². The SMILES string of the molecule is CCN(C(=O)/C=C/c1cccc2cccnc12)[C@H](C)CS(C)(=O)=O. The lowest BCUT2D eigenvalue weighted by atomic mass is 10.1. The summed E-state index contributed by atoms with van der Waals surface area (Å²) < 4.78 is 22.9. The Labute approximate surface area is 142 Å². The molecule has 1 aromatic heterocycles. The molecule has 24 heavy (non-hydrogen) atoms. The first-order valence-electron chi connectivity index (χ1n) is 7.82. The summed E-state index contributed by atoms with van der Waals surface area (Å²) in [5.41, 5.74) is 1.68. The number of rotatable bonds is 6. The van der Waals surface area contributed by atoms with E-state index in [1.54, 1.807) is 24.1 Å². The molecule has 2 aromatic rings. The lowest BCUT2D eigenvalue weighted by Gasteiger charge is -2.26. The van der Waals surface area contributed by atoms with Crippen LogP contribution in [0.25, 0.3) is 17.0 Å². The Morgan fingerprint density at radius 1 is 1.29 bits per heavy atom. The van der Waals surface area contributed by atoms with Gasteiger partial charge >= 0.3 is 0 Å². The third-order valence-corrected chi connectivity index (χ3v) is 4.86. The van der Waals surface area contributed by atoms with Crippen molar-refractivity contribution in [3.05, 3.63) is 48.2 Å². The number of hydrogen-bond donors (Lipinski definition) is 0. The molecule has 1 amide bonds. The molecule has 0 radical (unpaired) electrons. The number of carbonyl (C=O) groups is 1. The number of hydrogen-bond acceptors (Lipinski definition) is 4. The predicted octanol–water partition coefficient (Wildman–Crippen LogP) is 2.53. The zero-order valence-corrected chi connectivity index (χ0v) is 15.0. The van der Waals surface area contributed by atoms with Crippen molar-refractivity contribution >= 4 is 32.7 Å². The van der Waals surface area contributed by atoms with Crippen LogP contribution in [0.1, 0.15) is 19.4 Å². The van der Waals surface area contributed by atoms with Gasteiger partial charge in [-0.1, -0.05) is 24.3 Å². The molecule has 0 spiro atoms. The van der Waals surface area contributed by atoms with E-state index in [9.17, 15) is 13.2 Å². The third kappa shape index (κ3) is 4.64. The van der Waals surface area contributed by atoms with E-state index in [4.69, 9.17) is 0 Å². The van der Waals surface area contributed by atoms with Crippen molar-refractivity contribution in [1.82, 2.24) is 9.88 Å². The molecule has 0 saturated heterocycles. The van der Waals surface area contributed by atoms with Gasteiger partial charge < -0.3 is 4.90 Å². The Kier molecular flexibility index (Phi) is 5.72. The van der Waals surface area contributed by atoms with Gasteiger partial charge in [0.15, 0.2) is 0 Å². The van der Waals surface area contributed by atoms with E-state index in [0.29, 0.717) is 6.54 Å². The Balaban J connectivity index is 2.21. The first kappa shape index (κ1) is 18.1. The Morgan fingerprint density at radius 2 is 2.00 bits per heavy atom. The maximum Gasteiger partial charge on any atom is 0.246 e. The van der Waals surface area contributed by atoms with Gasteiger partial charge in [-0.15, -0.1) is 0 Å². The molecule has 0 fully saturated rings. The van der Waals surface area contributed by atoms with Crippen molar-refractivity contribution in [3.63, 3.8) is 0 Å². The van der Waals surface area contributed by atoms with Crippen LogP contribution < -0.4 is 0 Å². The highest BCUT2D eigenvalue weighted by atomic mass is 32.2. The number of likely N-dealkylation sites (N-methyl/N-ethyl adjacent to an activating group) is 1. The molecule has 6 heteroatoms. The molecule has 1 heterocycles. The number of aromatic nitrogens is 1. The Bertz CT molecular complexity index is 854. The number of fused-ring (bicyclic) bond motifs is 1. The van der Waals surface area contributed by atoms with Gasteiger partial charge in [-0.05, 0) is 26.0 Å². The number of para-hydroxylation sites is 1. The van der Waals surface area contributed by atoms with Gasteiger partial charge in [0.25, 0.3) is 0 Å². The van der Waals surface area contributed by atoms with Crippen LogP contribution in [0.15, 0.2) is 42.6 Å². The van der Waals surface area contributed by atoms with Gasteiger partial charge in [0.05, 0.1) is 11.3 Å². The van der Waals surface area contributed by atoms with Crippen LogP contribution in [0.3, 0.4) is 0 Å². The summed E-state index contributed by atoms with van der Waals surface area (Å²) in [5.74, 6) is -0.252. The average molecular weight is 346 g/mol. The normalized spacial score (nSPS) is 13.3. The van der Waals surface area contributed by atoms with Crippen molar-refractivity contribution in [2.24, 2.45) is 0 Å². The molecule has 0 aliphatic rings. The number of carbonyl (C=O) groups excluding carboxylic acids is 1. The molecule has 1 aromatic carbocycles. The monoisotopic (exact) mass is 346 g/mol. The molecule has 0 bridgehead atoms. The highest BCUT2D eigenvalue weighted by Gasteiger charge is 2.20. The van der Waals surface area contributed by atoms with Crippen LogP contribution in [0.4, 0.5) is 0 Å². The van der Waals surface area contributed by atoms with Crippen LogP contribution in [-0.2, 0) is 14.6 Å². The van der Waals surface area contributed by atoms with Crippen molar-refractivity contribution in [3.8, 4) is 0 Å². The molecule has 0 aliphatic heterocycles. The average Bonchev–Trinajstić information content (AvgIpc) is 2.51. The molecule has 2 rings (SSSR count). The number of amides is 1. The Hall–Kier alpha value is -2.21. The van der Waals surface area contributed by atoms with Crippen LogP contribution in [0, 0.1) is 0 Å². The van der Waals surface area contributed by atoms with Gasteiger partial charge in [0, 0.05) is 42.1 Å². The number of pyridine rings is 1. The number of benzene rings is 1. The van der Waals surface area contributed by atoms with E-state index >= 15 is 0 Å². The van der Waals surface area contributed by atoms with Crippen molar-refractivity contribution < 1.29 is 13.2 Å². The largest absolute Gasteiger partial charge is 0.336 e. The van der Waals surface area contributed by atoms with E-state index in [1.807, 2.05) is 37.3 Å². The summed E-state index contributed by atoms with van der Waals surface area (Å²) in [7, 11) is -3.14. The zero-order valence-electron chi connectivity index (χ0n) is 14.1. The second-order valence-electron chi connectivity index (χ2n) is 5.82. The molecule has 5 nitrogen and oxygen atoms in total. The number of sulfone groups is 1. The highest BCUT2D eigenvalue weighted by Crippen LogP contribution is 2.17. The van der Waals surface area contributed by atoms with Crippen LogP contribution in [0.2, 0.25) is 0 Å². The van der Waals surface area contributed by atoms with Crippen molar-refractivity contribution in [1.29, 1.82) is 0 Å². The minimum absolute atomic E-state index is 0.0454. The fraction of sp³-hybridized carbons (Fsp3) is 0.333. The minimum atomic E-state index is -3.14. The first-order valence-corrected chi connectivity index (χ1v) is 9.88. The fourth-order valence-electron chi connectivity index (χ4n) is 2.73. The standard InChI is InChI=1S/C18H22N2O3S/c1-4-20(14(2)13-24(3,22)23)17(21)11-10-16-8-5-7-15-9-6-12-19-18(15)16/h5-12,14H,4,13H2,1-3H3/b11-10+/t14-/m1/s1. The number of nitrogens with zero attached hydrogens (tertiary/aromatic N) is 2. The fourth-order valence-corrected chi connectivity index (χ4v) is 3.79. The molecule has 0 N–H and O–H groups in total. The van der Waals surface area contributed by atoms with Crippen molar-refractivity contribution in [2.75, 3.05) is 18.6 Å². The van der Waals surface area contributed by atoms with E-state index in [0.717, 1.165) is 16.5 Å². The molecule has 128 valence electrons. The van der Waals surface area contributed by atoms with Crippen LogP contribution >= 0.6 is 0 Å². The summed E-state index contributed by atoms with van der Waals surface area (Å²) in [6, 6.07) is 9.25. The zero-order chi connectivity index (χ0) is 17.7. The first-order chi connectivity index (χ1) is 11.3. The Morgan fingerprint density at radius 3 is 2.67 bits per heavy atom. The highest BCUT2D eigenvalue weighted by molar-refractivity contribution is 7.90. The van der Waals surface area contributed by atoms with E-state index in [-0.39, 0.29) is 17.7 Å².